The van der Waals surface area contributed by atoms with Crippen LogP contribution in [0.3, 0.4) is 0 Å². The molecule has 0 radical (unpaired) electrons. The molecule has 3 nitrogen and oxygen atoms in total. The van der Waals surface area contributed by atoms with E-state index in [9.17, 15) is 0 Å². The van der Waals surface area contributed by atoms with E-state index in [4.69, 9.17) is 32.0 Å². The maximum absolute atomic E-state index is 6.14. The third-order valence-corrected chi connectivity index (χ3v) is 5.92. The minimum Gasteiger partial charge on any atom is -0.460 e. The molecule has 2 aromatic carbocycles. The zero-order chi connectivity index (χ0) is 22.3. The van der Waals surface area contributed by atoms with E-state index in [1.165, 1.54) is 12.8 Å². The van der Waals surface area contributed by atoms with Crippen LogP contribution in [0.1, 0.15) is 37.7 Å². The maximum Gasteiger partial charge on any atom is 0.134 e. The lowest BCUT2D eigenvalue weighted by Gasteiger charge is -2.20. The summed E-state index contributed by atoms with van der Waals surface area (Å²) in [4.78, 5) is 2.38. The van der Waals surface area contributed by atoms with Crippen LogP contribution in [0.2, 0.25) is 10.0 Å². The van der Waals surface area contributed by atoms with E-state index < -0.39 is 0 Å². The number of rotatable bonds is 10. The molecule has 32 heavy (non-hydrogen) atoms. The molecule has 166 valence electrons. The Morgan fingerprint density at radius 3 is 1.53 bits per heavy atom. The largest absolute Gasteiger partial charge is 0.460 e. The van der Waals surface area contributed by atoms with Crippen LogP contribution in [0.4, 0.5) is 0 Å². The van der Waals surface area contributed by atoms with Gasteiger partial charge < -0.3 is 8.83 Å². The Kier molecular flexibility index (Phi) is 7.75. The van der Waals surface area contributed by atoms with Gasteiger partial charge in [0.05, 0.1) is 13.1 Å². The fourth-order valence-corrected chi connectivity index (χ4v) is 3.96. The zero-order valence-corrected chi connectivity index (χ0v) is 19.7. The van der Waals surface area contributed by atoms with Crippen molar-refractivity contribution in [2.75, 3.05) is 6.54 Å². The monoisotopic (exact) mass is 467 g/mol. The van der Waals surface area contributed by atoms with E-state index in [-0.39, 0.29) is 0 Å². The standard InChI is InChI=1S/C27H27Cl2NO2/c1-2-3-4-17-30(18-24-13-15-26(31-24)20-5-9-22(28)10-6-20)19-25-14-16-27(32-25)21-7-11-23(29)12-8-21/h5-16H,2-4,17-19H2,1H3. The summed E-state index contributed by atoms with van der Waals surface area (Å²) in [5, 5.41) is 1.44. The minimum absolute atomic E-state index is 0.721. The van der Waals surface area contributed by atoms with Crippen molar-refractivity contribution < 1.29 is 8.83 Å². The van der Waals surface area contributed by atoms with Gasteiger partial charge in [-0.15, -0.1) is 0 Å². The third kappa shape index (κ3) is 6.07. The molecule has 0 N–H and O–H groups in total. The van der Waals surface area contributed by atoms with E-state index in [0.717, 1.165) is 70.3 Å². The van der Waals surface area contributed by atoms with Crippen LogP contribution >= 0.6 is 23.2 Å². The van der Waals surface area contributed by atoms with Crippen LogP contribution < -0.4 is 0 Å². The van der Waals surface area contributed by atoms with Gasteiger partial charge >= 0.3 is 0 Å². The fraction of sp³-hybridized carbons (Fsp3) is 0.259. The van der Waals surface area contributed by atoms with Crippen molar-refractivity contribution in [1.82, 2.24) is 4.90 Å². The smallest absolute Gasteiger partial charge is 0.134 e. The molecule has 2 aromatic heterocycles. The van der Waals surface area contributed by atoms with Gasteiger partial charge in [0.15, 0.2) is 0 Å². The van der Waals surface area contributed by atoms with Crippen molar-refractivity contribution in [2.24, 2.45) is 0 Å². The lowest BCUT2D eigenvalue weighted by Crippen LogP contribution is -2.23. The van der Waals surface area contributed by atoms with E-state index in [1.54, 1.807) is 0 Å². The summed E-state index contributed by atoms with van der Waals surface area (Å²) >= 11 is 12.0. The fourth-order valence-electron chi connectivity index (χ4n) is 3.70. The molecule has 0 atom stereocenters. The van der Waals surface area contributed by atoms with Crippen LogP contribution in [-0.4, -0.2) is 11.4 Å². The molecule has 0 aliphatic rings. The van der Waals surface area contributed by atoms with Crippen molar-refractivity contribution in [3.05, 3.63) is 94.4 Å². The summed E-state index contributed by atoms with van der Waals surface area (Å²) in [6.45, 7) is 4.67. The quantitative estimate of drug-likeness (QED) is 0.218. The Labute approximate surface area is 199 Å². The number of nitrogens with zero attached hydrogens (tertiary/aromatic N) is 1. The maximum atomic E-state index is 6.14. The number of benzene rings is 2. The van der Waals surface area contributed by atoms with Gasteiger partial charge in [0, 0.05) is 21.2 Å². The predicted octanol–water partition coefficient (Wildman–Crippen LogP) is 8.71. The van der Waals surface area contributed by atoms with Crippen molar-refractivity contribution in [1.29, 1.82) is 0 Å². The zero-order valence-electron chi connectivity index (χ0n) is 18.2. The third-order valence-electron chi connectivity index (χ3n) is 5.42. The Balaban J connectivity index is 1.45. The SMILES string of the molecule is CCCCCN(Cc1ccc(-c2ccc(Cl)cc2)o1)Cc1ccc(-c2ccc(Cl)cc2)o1. The molecule has 0 aliphatic carbocycles. The first-order chi connectivity index (χ1) is 15.6. The lowest BCUT2D eigenvalue weighted by atomic mass is 10.2. The van der Waals surface area contributed by atoms with E-state index >= 15 is 0 Å². The topological polar surface area (TPSA) is 29.5 Å². The van der Waals surface area contributed by atoms with Gasteiger partial charge in [-0.2, -0.15) is 0 Å². The van der Waals surface area contributed by atoms with Gasteiger partial charge in [0.1, 0.15) is 23.0 Å². The average molecular weight is 468 g/mol. The van der Waals surface area contributed by atoms with Crippen LogP contribution in [0.15, 0.2) is 81.6 Å². The summed E-state index contributed by atoms with van der Waals surface area (Å²) in [5.41, 5.74) is 2.05. The highest BCUT2D eigenvalue weighted by Crippen LogP contribution is 2.27. The second-order valence-corrected chi connectivity index (χ2v) is 8.84. The molecule has 0 amide bonds. The first-order valence-corrected chi connectivity index (χ1v) is 11.8. The summed E-state index contributed by atoms with van der Waals surface area (Å²) in [6.07, 6.45) is 3.54. The second-order valence-electron chi connectivity index (χ2n) is 7.96. The molecular weight excluding hydrogens is 441 g/mol. The first kappa shape index (κ1) is 22.7. The molecule has 4 rings (SSSR count). The molecule has 0 bridgehead atoms. The van der Waals surface area contributed by atoms with Crippen LogP contribution in [-0.2, 0) is 13.1 Å². The summed E-state index contributed by atoms with van der Waals surface area (Å²) in [7, 11) is 0. The number of halogens is 2. The van der Waals surface area contributed by atoms with Crippen molar-refractivity contribution in [3.8, 4) is 22.6 Å². The summed E-state index contributed by atoms with van der Waals surface area (Å²) in [5.74, 6) is 3.59. The molecule has 2 heterocycles. The summed E-state index contributed by atoms with van der Waals surface area (Å²) < 4.78 is 12.3. The Morgan fingerprint density at radius 1 is 0.625 bits per heavy atom. The van der Waals surface area contributed by atoms with Gasteiger partial charge in [-0.25, -0.2) is 0 Å². The van der Waals surface area contributed by atoms with Crippen LogP contribution in [0.25, 0.3) is 22.6 Å². The van der Waals surface area contributed by atoms with Crippen LogP contribution in [0.5, 0.6) is 0 Å². The minimum atomic E-state index is 0.721. The van der Waals surface area contributed by atoms with Crippen molar-refractivity contribution in [3.63, 3.8) is 0 Å². The molecule has 0 aliphatic heterocycles. The van der Waals surface area contributed by atoms with Gasteiger partial charge in [-0.05, 0) is 85.8 Å². The second kappa shape index (κ2) is 10.9. The summed E-state index contributed by atoms with van der Waals surface area (Å²) in [6, 6.07) is 23.6. The Bertz CT molecular complexity index is 1030. The molecule has 0 saturated carbocycles. The van der Waals surface area contributed by atoms with Gasteiger partial charge in [0.2, 0.25) is 0 Å². The van der Waals surface area contributed by atoms with Gasteiger partial charge in [-0.1, -0.05) is 43.0 Å². The van der Waals surface area contributed by atoms with E-state index in [0.29, 0.717) is 0 Å². The molecule has 0 unspecified atom stereocenters. The average Bonchev–Trinajstić information content (AvgIpc) is 3.45. The Hall–Kier alpha value is -2.46. The predicted molar refractivity (Wildman–Crippen MR) is 132 cm³/mol. The highest BCUT2D eigenvalue weighted by Gasteiger charge is 2.14. The first-order valence-electron chi connectivity index (χ1n) is 11.0. The molecule has 5 heteroatoms. The Morgan fingerprint density at radius 2 is 1.09 bits per heavy atom. The number of hydrogen-bond donors (Lipinski definition) is 0. The number of unbranched alkanes of at least 4 members (excludes halogenated alkanes) is 2. The molecule has 0 fully saturated rings. The molecule has 0 saturated heterocycles. The van der Waals surface area contributed by atoms with Crippen molar-refractivity contribution in [2.45, 2.75) is 39.3 Å². The lowest BCUT2D eigenvalue weighted by molar-refractivity contribution is 0.215. The number of furan rings is 2. The van der Waals surface area contributed by atoms with Gasteiger partial charge in [-0.3, -0.25) is 4.90 Å². The highest BCUT2D eigenvalue weighted by atomic mass is 35.5. The molecule has 4 aromatic rings. The highest BCUT2D eigenvalue weighted by molar-refractivity contribution is 6.30. The molecule has 0 spiro atoms. The van der Waals surface area contributed by atoms with E-state index in [1.807, 2.05) is 60.7 Å². The normalized spacial score (nSPS) is 11.4. The van der Waals surface area contributed by atoms with Crippen molar-refractivity contribution >= 4 is 23.2 Å². The van der Waals surface area contributed by atoms with Crippen LogP contribution in [0, 0.1) is 0 Å². The molecular formula is C27H27Cl2NO2. The van der Waals surface area contributed by atoms with E-state index in [2.05, 4.69) is 24.0 Å². The van der Waals surface area contributed by atoms with Gasteiger partial charge in [0.25, 0.3) is 0 Å². The number of hydrogen-bond acceptors (Lipinski definition) is 3.